The number of aryl methyl sites for hydroxylation is 1. The minimum Gasteiger partial charge on any atom is -0.324 e. The lowest BCUT2D eigenvalue weighted by molar-refractivity contribution is -0.117. The lowest BCUT2D eigenvalue weighted by Crippen LogP contribution is -2.28. The smallest absolute Gasteiger partial charge is 0.250 e. The van der Waals surface area contributed by atoms with Crippen molar-refractivity contribution in [1.82, 2.24) is 15.0 Å². The van der Waals surface area contributed by atoms with E-state index < -0.39 is 6.04 Å². The van der Waals surface area contributed by atoms with Gasteiger partial charge in [0.1, 0.15) is 16.7 Å². The van der Waals surface area contributed by atoms with Gasteiger partial charge in [0.2, 0.25) is 11.9 Å². The lowest BCUT2D eigenvalue weighted by atomic mass is 10.1. The summed E-state index contributed by atoms with van der Waals surface area (Å²) in [6.45, 7) is 1.97. The van der Waals surface area contributed by atoms with Crippen LogP contribution in [0.5, 0.6) is 0 Å². The number of carbonyl (C=O) groups excluding carboxylic acids is 1. The number of benzene rings is 2. The number of anilines is 3. The summed E-state index contributed by atoms with van der Waals surface area (Å²) in [6, 6.07) is 16.4. The topological polar surface area (TPSA) is 92.2 Å². The van der Waals surface area contributed by atoms with Crippen molar-refractivity contribution < 1.29 is 4.79 Å². The Hall–Kier alpha value is -3.78. The molecule has 4 rings (SSSR count). The highest BCUT2D eigenvalue weighted by atomic mass is 32.1. The van der Waals surface area contributed by atoms with Crippen LogP contribution in [0.1, 0.15) is 11.1 Å². The van der Waals surface area contributed by atoms with Crippen molar-refractivity contribution in [3.63, 3.8) is 0 Å². The zero-order valence-electron chi connectivity index (χ0n) is 17.7. The van der Waals surface area contributed by atoms with Crippen LogP contribution in [-0.4, -0.2) is 32.1 Å². The minimum atomic E-state index is -0.666. The molecule has 33 heavy (non-hydrogen) atoms. The van der Waals surface area contributed by atoms with Gasteiger partial charge in [0, 0.05) is 35.6 Å². The van der Waals surface area contributed by atoms with E-state index in [-0.39, 0.29) is 5.91 Å². The number of rotatable bonds is 8. The second-order valence-electron chi connectivity index (χ2n) is 7.17. The van der Waals surface area contributed by atoms with E-state index in [1.54, 1.807) is 12.4 Å². The fraction of sp³-hybridized carbons (Fsp3) is 0.125. The summed E-state index contributed by atoms with van der Waals surface area (Å²) in [6.07, 6.45) is 3.86. The molecule has 0 radical (unpaired) electrons. The Morgan fingerprint density at radius 1 is 1.15 bits per heavy atom. The van der Waals surface area contributed by atoms with Gasteiger partial charge in [-0.3, -0.25) is 4.79 Å². The molecule has 2 aromatic carbocycles. The van der Waals surface area contributed by atoms with Crippen LogP contribution in [0.15, 0.2) is 77.4 Å². The van der Waals surface area contributed by atoms with E-state index >= 15 is 0 Å². The van der Waals surface area contributed by atoms with Crippen LogP contribution in [0.2, 0.25) is 0 Å². The van der Waals surface area contributed by atoms with Crippen molar-refractivity contribution in [2.75, 3.05) is 10.6 Å². The van der Waals surface area contributed by atoms with Gasteiger partial charge < -0.3 is 10.6 Å². The Morgan fingerprint density at radius 3 is 2.76 bits per heavy atom. The molecule has 0 saturated carbocycles. The van der Waals surface area contributed by atoms with Gasteiger partial charge in [-0.1, -0.05) is 36.4 Å². The van der Waals surface area contributed by atoms with E-state index in [2.05, 4.69) is 35.7 Å². The van der Waals surface area contributed by atoms with E-state index in [0.717, 1.165) is 27.5 Å². The molecule has 2 N–H and O–H groups in total. The maximum Gasteiger partial charge on any atom is 0.250 e. The third-order valence-electron chi connectivity index (χ3n) is 4.84. The first-order valence-electron chi connectivity index (χ1n) is 10.1. The largest absolute Gasteiger partial charge is 0.324 e. The average Bonchev–Trinajstić information content (AvgIpc) is 3.37. The zero-order chi connectivity index (χ0) is 23.0. The number of aliphatic imine (C=N–C) groups is 1. The third-order valence-corrected chi connectivity index (χ3v) is 5.74. The van der Waals surface area contributed by atoms with Crippen LogP contribution in [0.25, 0.3) is 10.7 Å². The highest BCUT2D eigenvalue weighted by Gasteiger charge is 2.18. The molecule has 164 valence electrons. The van der Waals surface area contributed by atoms with Crippen molar-refractivity contribution in [1.29, 1.82) is 0 Å². The van der Waals surface area contributed by atoms with E-state index in [1.165, 1.54) is 11.3 Å². The Morgan fingerprint density at radius 2 is 2.00 bits per heavy atom. The number of isothiocyanates is 1. The number of carbonyl (C=O) groups is 1. The SMILES string of the molecule is Cc1ccc(NC(=O)C(Cc2ccccc2)N=C=S)cc1Nc1nccc(-c2nccs2)n1. The van der Waals surface area contributed by atoms with Crippen LogP contribution in [0.4, 0.5) is 17.3 Å². The molecule has 2 aromatic heterocycles. The van der Waals surface area contributed by atoms with Crippen LogP contribution in [0, 0.1) is 6.92 Å². The summed E-state index contributed by atoms with van der Waals surface area (Å²) < 4.78 is 0. The first-order chi connectivity index (χ1) is 16.1. The lowest BCUT2D eigenvalue weighted by Gasteiger charge is -2.14. The number of hydrogen-bond donors (Lipinski definition) is 2. The summed E-state index contributed by atoms with van der Waals surface area (Å²) in [5.74, 6) is 0.189. The maximum absolute atomic E-state index is 12.9. The summed E-state index contributed by atoms with van der Waals surface area (Å²) in [7, 11) is 0. The van der Waals surface area contributed by atoms with Gasteiger partial charge in [0.25, 0.3) is 0 Å². The van der Waals surface area contributed by atoms with E-state index in [9.17, 15) is 4.79 Å². The van der Waals surface area contributed by atoms with Gasteiger partial charge in [-0.25, -0.2) is 19.9 Å². The average molecular weight is 473 g/mol. The molecule has 1 unspecified atom stereocenters. The van der Waals surface area contributed by atoms with Gasteiger partial charge in [-0.2, -0.15) is 0 Å². The van der Waals surface area contributed by atoms with Crippen molar-refractivity contribution in [3.05, 3.63) is 83.5 Å². The molecule has 0 aliphatic carbocycles. The first-order valence-corrected chi connectivity index (χ1v) is 11.4. The number of thiocarbonyl (C=S) groups is 1. The fourth-order valence-electron chi connectivity index (χ4n) is 3.17. The second kappa shape index (κ2) is 10.7. The van der Waals surface area contributed by atoms with Gasteiger partial charge in [0.05, 0.1) is 5.16 Å². The zero-order valence-corrected chi connectivity index (χ0v) is 19.4. The second-order valence-corrected chi connectivity index (χ2v) is 8.25. The molecule has 0 aliphatic rings. The van der Waals surface area contributed by atoms with Crippen LogP contribution < -0.4 is 10.6 Å². The normalized spacial score (nSPS) is 11.3. The van der Waals surface area contributed by atoms with Crippen molar-refractivity contribution in [2.45, 2.75) is 19.4 Å². The third kappa shape index (κ3) is 5.93. The van der Waals surface area contributed by atoms with Crippen LogP contribution >= 0.6 is 23.6 Å². The van der Waals surface area contributed by atoms with Crippen LogP contribution in [-0.2, 0) is 11.2 Å². The number of amides is 1. The molecular weight excluding hydrogens is 452 g/mol. The number of aromatic nitrogens is 3. The molecule has 1 atom stereocenters. The summed E-state index contributed by atoms with van der Waals surface area (Å²) in [5.41, 5.74) is 4.12. The quantitative estimate of drug-likeness (QED) is 0.267. The molecular formula is C24H20N6OS2. The van der Waals surface area contributed by atoms with Gasteiger partial charge in [0.15, 0.2) is 0 Å². The first kappa shape index (κ1) is 22.4. The molecule has 0 fully saturated rings. The fourth-order valence-corrected chi connectivity index (χ4v) is 3.90. The number of nitrogens with zero attached hydrogens (tertiary/aromatic N) is 4. The molecule has 0 saturated heterocycles. The number of nitrogens with one attached hydrogen (secondary N) is 2. The predicted molar refractivity (Wildman–Crippen MR) is 135 cm³/mol. The van der Waals surface area contributed by atoms with Crippen molar-refractivity contribution >= 4 is 51.9 Å². The molecule has 0 spiro atoms. The minimum absolute atomic E-state index is 0.256. The van der Waals surface area contributed by atoms with E-state index in [1.807, 2.05) is 66.9 Å². The van der Waals surface area contributed by atoms with E-state index in [0.29, 0.717) is 18.1 Å². The summed E-state index contributed by atoms with van der Waals surface area (Å²) >= 11 is 6.27. The predicted octanol–water partition coefficient (Wildman–Crippen LogP) is 5.30. The van der Waals surface area contributed by atoms with Gasteiger partial charge in [-0.15, -0.1) is 11.3 Å². The van der Waals surface area contributed by atoms with Gasteiger partial charge in [-0.05, 0) is 48.5 Å². The van der Waals surface area contributed by atoms with Gasteiger partial charge >= 0.3 is 0 Å². The molecule has 0 aliphatic heterocycles. The number of hydrogen-bond acceptors (Lipinski definition) is 8. The van der Waals surface area contributed by atoms with Crippen LogP contribution in [0.3, 0.4) is 0 Å². The Bertz CT molecular complexity index is 1290. The molecule has 2 heterocycles. The van der Waals surface area contributed by atoms with Crippen molar-refractivity contribution in [3.8, 4) is 10.7 Å². The molecule has 9 heteroatoms. The Kier molecular flexibility index (Phi) is 7.26. The maximum atomic E-state index is 12.9. The molecule has 7 nitrogen and oxygen atoms in total. The molecule has 4 aromatic rings. The highest BCUT2D eigenvalue weighted by molar-refractivity contribution is 7.78. The highest BCUT2D eigenvalue weighted by Crippen LogP contribution is 2.25. The van der Waals surface area contributed by atoms with E-state index in [4.69, 9.17) is 12.2 Å². The Balaban J connectivity index is 1.50. The standard InChI is InChI=1S/C24H20N6OS2/c1-16-7-8-18(28-22(31)21(27-15-32)13-17-5-3-2-4-6-17)14-20(16)30-24-26-10-9-19(29-24)23-25-11-12-33-23/h2-12,14,21H,13H2,1H3,(H,28,31)(H,26,29,30). The number of thiazole rings is 1. The summed E-state index contributed by atoms with van der Waals surface area (Å²) in [5, 5.41) is 11.2. The Labute approximate surface area is 200 Å². The summed E-state index contributed by atoms with van der Waals surface area (Å²) in [4.78, 5) is 30.1. The monoisotopic (exact) mass is 472 g/mol. The molecule has 1 amide bonds. The van der Waals surface area contributed by atoms with Crippen molar-refractivity contribution in [2.24, 2.45) is 4.99 Å². The molecule has 0 bridgehead atoms.